The molecule has 3 rings (SSSR count). The molecule has 0 aliphatic heterocycles. The van der Waals surface area contributed by atoms with Gasteiger partial charge < -0.3 is 10.3 Å². The van der Waals surface area contributed by atoms with Crippen molar-refractivity contribution in [3.05, 3.63) is 35.2 Å². The van der Waals surface area contributed by atoms with Gasteiger partial charge in [0, 0.05) is 11.6 Å². The van der Waals surface area contributed by atoms with Gasteiger partial charge in [0.2, 0.25) is 0 Å². The third-order valence-corrected chi connectivity index (χ3v) is 3.53. The molecule has 0 radical (unpaired) electrons. The van der Waals surface area contributed by atoms with E-state index in [2.05, 4.69) is 41.6 Å². The van der Waals surface area contributed by atoms with Gasteiger partial charge in [-0.15, -0.1) is 0 Å². The summed E-state index contributed by atoms with van der Waals surface area (Å²) in [6.45, 7) is 6.26. The van der Waals surface area contributed by atoms with Crippen molar-refractivity contribution in [2.45, 2.75) is 39.7 Å². The zero-order valence-electron chi connectivity index (χ0n) is 11.2. The van der Waals surface area contributed by atoms with Crippen molar-refractivity contribution in [1.82, 2.24) is 9.55 Å². The smallest absolute Gasteiger partial charge is 0.131 e. The van der Waals surface area contributed by atoms with E-state index in [1.54, 1.807) is 0 Å². The van der Waals surface area contributed by atoms with Gasteiger partial charge in [0.1, 0.15) is 17.3 Å². The molecule has 2 N–H and O–H groups in total. The van der Waals surface area contributed by atoms with Crippen molar-refractivity contribution in [3.8, 4) is 11.3 Å². The molecule has 94 valence electrons. The Hall–Kier alpha value is -1.77. The van der Waals surface area contributed by atoms with Crippen molar-refractivity contribution < 1.29 is 0 Å². The summed E-state index contributed by atoms with van der Waals surface area (Å²) < 4.78 is 2.19. The Balaban J connectivity index is 2.14. The second-order valence-corrected chi connectivity index (χ2v) is 5.37. The van der Waals surface area contributed by atoms with Crippen LogP contribution in [0.4, 0.5) is 5.82 Å². The van der Waals surface area contributed by atoms with E-state index in [4.69, 9.17) is 5.73 Å². The molecule has 0 unspecified atom stereocenters. The summed E-state index contributed by atoms with van der Waals surface area (Å²) in [5, 5.41) is 0. The second kappa shape index (κ2) is 3.87. The van der Waals surface area contributed by atoms with Crippen LogP contribution in [0.1, 0.15) is 35.8 Å². The minimum atomic E-state index is 0.581. The number of hydrogen-bond acceptors (Lipinski definition) is 2. The molecule has 1 fully saturated rings. The molecular weight excluding hydrogens is 222 g/mol. The highest BCUT2D eigenvalue weighted by Crippen LogP contribution is 2.40. The quantitative estimate of drug-likeness (QED) is 0.875. The third-order valence-electron chi connectivity index (χ3n) is 3.53. The van der Waals surface area contributed by atoms with Crippen LogP contribution in [0.3, 0.4) is 0 Å². The highest BCUT2D eigenvalue weighted by atomic mass is 15.2. The standard InChI is InChI=1S/C15H19N3/c1-9-6-10(2)8-12(7-9)14-15(16)18(11(3)17-14)13-4-5-13/h6-8,13H,4-5,16H2,1-3H3. The molecule has 2 aromatic rings. The van der Waals surface area contributed by atoms with Crippen molar-refractivity contribution in [2.75, 3.05) is 5.73 Å². The molecule has 0 amide bonds. The number of imidazole rings is 1. The number of benzene rings is 1. The number of nitrogen functional groups attached to an aromatic ring is 1. The Kier molecular flexibility index (Phi) is 2.44. The average molecular weight is 241 g/mol. The molecule has 3 heteroatoms. The van der Waals surface area contributed by atoms with Gasteiger partial charge in [-0.25, -0.2) is 4.98 Å². The van der Waals surface area contributed by atoms with Gasteiger partial charge in [-0.3, -0.25) is 0 Å². The van der Waals surface area contributed by atoms with Crippen LogP contribution < -0.4 is 5.73 Å². The van der Waals surface area contributed by atoms with E-state index in [1.165, 1.54) is 24.0 Å². The number of rotatable bonds is 2. The Morgan fingerprint density at radius 3 is 2.28 bits per heavy atom. The third kappa shape index (κ3) is 1.80. The average Bonchev–Trinajstić information content (AvgIpc) is 3.04. The molecule has 1 heterocycles. The molecule has 0 spiro atoms. The Bertz CT molecular complexity index is 586. The number of aromatic nitrogens is 2. The number of aryl methyl sites for hydroxylation is 3. The minimum absolute atomic E-state index is 0.581. The highest BCUT2D eigenvalue weighted by molar-refractivity contribution is 5.72. The first-order valence-electron chi connectivity index (χ1n) is 6.49. The van der Waals surface area contributed by atoms with Crippen molar-refractivity contribution in [1.29, 1.82) is 0 Å². The molecule has 3 nitrogen and oxygen atoms in total. The Morgan fingerprint density at radius 2 is 1.72 bits per heavy atom. The molecule has 1 aromatic carbocycles. The van der Waals surface area contributed by atoms with Gasteiger partial charge in [0.15, 0.2) is 0 Å². The summed E-state index contributed by atoms with van der Waals surface area (Å²) in [6.07, 6.45) is 2.46. The van der Waals surface area contributed by atoms with E-state index < -0.39 is 0 Å². The second-order valence-electron chi connectivity index (χ2n) is 5.37. The maximum atomic E-state index is 6.28. The molecule has 1 aromatic heterocycles. The van der Waals surface area contributed by atoms with Crippen LogP contribution in [0.2, 0.25) is 0 Å². The van der Waals surface area contributed by atoms with Gasteiger partial charge in [-0.05, 0) is 45.7 Å². The van der Waals surface area contributed by atoms with Crippen LogP contribution >= 0.6 is 0 Å². The number of hydrogen-bond donors (Lipinski definition) is 1. The lowest BCUT2D eigenvalue weighted by Gasteiger charge is -2.06. The zero-order chi connectivity index (χ0) is 12.9. The SMILES string of the molecule is Cc1cc(C)cc(-c2nc(C)n(C3CC3)c2N)c1. The molecule has 0 bridgehead atoms. The maximum absolute atomic E-state index is 6.28. The topological polar surface area (TPSA) is 43.8 Å². The van der Waals surface area contributed by atoms with E-state index >= 15 is 0 Å². The minimum Gasteiger partial charge on any atom is -0.383 e. The molecular formula is C15H19N3. The first-order valence-corrected chi connectivity index (χ1v) is 6.49. The van der Waals surface area contributed by atoms with Gasteiger partial charge in [-0.1, -0.05) is 17.2 Å². The fourth-order valence-corrected chi connectivity index (χ4v) is 2.68. The summed E-state index contributed by atoms with van der Waals surface area (Å²) >= 11 is 0. The monoisotopic (exact) mass is 241 g/mol. The molecule has 1 aliphatic rings. The van der Waals surface area contributed by atoms with E-state index in [0.29, 0.717) is 6.04 Å². The van der Waals surface area contributed by atoms with Crippen LogP contribution in [0, 0.1) is 20.8 Å². The summed E-state index contributed by atoms with van der Waals surface area (Å²) in [5.41, 5.74) is 10.9. The number of nitrogens with zero attached hydrogens (tertiary/aromatic N) is 2. The Labute approximate surface area is 108 Å². The predicted molar refractivity (Wildman–Crippen MR) is 74.6 cm³/mol. The highest BCUT2D eigenvalue weighted by Gasteiger charge is 2.28. The van der Waals surface area contributed by atoms with E-state index in [1.807, 2.05) is 6.92 Å². The summed E-state index contributed by atoms with van der Waals surface area (Å²) in [7, 11) is 0. The van der Waals surface area contributed by atoms with Gasteiger partial charge in [-0.2, -0.15) is 0 Å². The summed E-state index contributed by atoms with van der Waals surface area (Å²) in [5.74, 6) is 1.85. The van der Waals surface area contributed by atoms with Crippen molar-refractivity contribution in [3.63, 3.8) is 0 Å². The molecule has 1 saturated carbocycles. The zero-order valence-corrected chi connectivity index (χ0v) is 11.2. The largest absolute Gasteiger partial charge is 0.383 e. The molecule has 0 saturated heterocycles. The lowest BCUT2D eigenvalue weighted by atomic mass is 10.1. The maximum Gasteiger partial charge on any atom is 0.131 e. The first-order chi connectivity index (χ1) is 8.56. The molecule has 18 heavy (non-hydrogen) atoms. The van der Waals surface area contributed by atoms with Gasteiger partial charge in [0.05, 0.1) is 0 Å². The number of anilines is 1. The van der Waals surface area contributed by atoms with Crippen LogP contribution in [0.15, 0.2) is 18.2 Å². The molecule has 1 aliphatic carbocycles. The van der Waals surface area contributed by atoms with Gasteiger partial charge >= 0.3 is 0 Å². The summed E-state index contributed by atoms with van der Waals surface area (Å²) in [6, 6.07) is 7.06. The van der Waals surface area contributed by atoms with E-state index in [-0.39, 0.29) is 0 Å². The van der Waals surface area contributed by atoms with Crippen LogP contribution in [-0.4, -0.2) is 9.55 Å². The fourth-order valence-electron chi connectivity index (χ4n) is 2.68. The van der Waals surface area contributed by atoms with E-state index in [9.17, 15) is 0 Å². The van der Waals surface area contributed by atoms with Crippen molar-refractivity contribution >= 4 is 5.82 Å². The summed E-state index contributed by atoms with van der Waals surface area (Å²) in [4.78, 5) is 4.66. The van der Waals surface area contributed by atoms with Crippen LogP contribution in [0.5, 0.6) is 0 Å². The molecule has 0 atom stereocenters. The first kappa shape index (κ1) is 11.3. The number of nitrogens with two attached hydrogens (primary N) is 1. The fraction of sp³-hybridized carbons (Fsp3) is 0.400. The lowest BCUT2D eigenvalue weighted by Crippen LogP contribution is -2.02. The van der Waals surface area contributed by atoms with Crippen LogP contribution in [0.25, 0.3) is 11.3 Å². The van der Waals surface area contributed by atoms with Crippen LogP contribution in [-0.2, 0) is 0 Å². The normalized spacial score (nSPS) is 15.1. The lowest BCUT2D eigenvalue weighted by molar-refractivity contribution is 0.720. The Morgan fingerprint density at radius 1 is 1.11 bits per heavy atom. The van der Waals surface area contributed by atoms with E-state index in [0.717, 1.165) is 22.9 Å². The van der Waals surface area contributed by atoms with Gasteiger partial charge in [0.25, 0.3) is 0 Å². The predicted octanol–water partition coefficient (Wildman–Crippen LogP) is 3.39. The van der Waals surface area contributed by atoms with Crippen molar-refractivity contribution in [2.24, 2.45) is 0 Å².